The van der Waals surface area contributed by atoms with Crippen LogP contribution in [0.5, 0.6) is 0 Å². The number of benzene rings is 3. The quantitative estimate of drug-likeness (QED) is 0.541. The molecule has 0 bridgehead atoms. The summed E-state index contributed by atoms with van der Waals surface area (Å²) in [5.74, 6) is 0. The number of para-hydroxylation sites is 2. The lowest BCUT2D eigenvalue weighted by atomic mass is 10.1. The predicted molar refractivity (Wildman–Crippen MR) is 110 cm³/mol. The molecule has 0 fully saturated rings. The number of rotatable bonds is 5. The molecule has 0 spiro atoms. The zero-order valence-electron chi connectivity index (χ0n) is 15.2. The van der Waals surface area contributed by atoms with Crippen LogP contribution in [-0.4, -0.2) is 22.3 Å². The number of aliphatic hydroxyl groups excluding tert-OH is 1. The number of nitrogens with zero attached hydrogens (tertiary/aromatic N) is 1. The van der Waals surface area contributed by atoms with Crippen LogP contribution in [0.15, 0.2) is 66.7 Å². The number of hydrogen-bond acceptors (Lipinski definition) is 2. The average molecular weight is 344 g/mol. The van der Waals surface area contributed by atoms with E-state index in [0.717, 1.165) is 5.69 Å². The summed E-state index contributed by atoms with van der Waals surface area (Å²) in [6.45, 7) is 5.29. The Balaban J connectivity index is 1.57. The molecule has 3 heteroatoms. The molecule has 1 unspecified atom stereocenters. The zero-order chi connectivity index (χ0) is 18.1. The first-order valence-electron chi connectivity index (χ1n) is 9.08. The Bertz CT molecular complexity index is 1010. The monoisotopic (exact) mass is 344 g/mol. The van der Waals surface area contributed by atoms with Gasteiger partial charge in [-0.1, -0.05) is 42.5 Å². The molecule has 1 heterocycles. The summed E-state index contributed by atoms with van der Waals surface area (Å²) in [6, 6.07) is 23.1. The number of hydrogen-bond donors (Lipinski definition) is 2. The Morgan fingerprint density at radius 3 is 2.08 bits per heavy atom. The minimum atomic E-state index is -0.476. The third-order valence-corrected chi connectivity index (χ3v) is 5.12. The summed E-state index contributed by atoms with van der Waals surface area (Å²) >= 11 is 0. The SMILES string of the molecule is Cc1ccc(NCC(O)Cn2c3ccccc3c3ccccc32)cc1C. The van der Waals surface area contributed by atoms with E-state index in [1.54, 1.807) is 0 Å². The van der Waals surface area contributed by atoms with Gasteiger partial charge in [0.05, 0.1) is 12.6 Å². The molecule has 132 valence electrons. The lowest BCUT2D eigenvalue weighted by Gasteiger charge is -2.16. The van der Waals surface area contributed by atoms with Gasteiger partial charge < -0.3 is 15.0 Å². The van der Waals surface area contributed by atoms with Crippen molar-refractivity contribution in [1.82, 2.24) is 4.57 Å². The van der Waals surface area contributed by atoms with E-state index in [1.165, 1.54) is 32.9 Å². The maximum absolute atomic E-state index is 10.6. The van der Waals surface area contributed by atoms with E-state index in [1.807, 2.05) is 0 Å². The van der Waals surface area contributed by atoms with Gasteiger partial charge in [0, 0.05) is 34.0 Å². The minimum absolute atomic E-state index is 0.476. The fourth-order valence-corrected chi connectivity index (χ4v) is 3.56. The van der Waals surface area contributed by atoms with Crippen LogP contribution in [0.1, 0.15) is 11.1 Å². The van der Waals surface area contributed by atoms with Crippen molar-refractivity contribution in [2.45, 2.75) is 26.5 Å². The summed E-state index contributed by atoms with van der Waals surface area (Å²) < 4.78 is 2.22. The summed E-state index contributed by atoms with van der Waals surface area (Å²) in [4.78, 5) is 0. The second-order valence-corrected chi connectivity index (χ2v) is 6.98. The van der Waals surface area contributed by atoms with Crippen molar-refractivity contribution in [3.8, 4) is 0 Å². The van der Waals surface area contributed by atoms with Crippen LogP contribution in [-0.2, 0) is 6.54 Å². The number of anilines is 1. The molecule has 0 saturated heterocycles. The topological polar surface area (TPSA) is 37.2 Å². The second kappa shape index (κ2) is 6.85. The molecule has 1 atom stereocenters. The Morgan fingerprint density at radius 1 is 0.846 bits per heavy atom. The zero-order valence-corrected chi connectivity index (χ0v) is 15.2. The van der Waals surface area contributed by atoms with E-state index in [2.05, 4.69) is 90.5 Å². The van der Waals surface area contributed by atoms with E-state index in [-0.39, 0.29) is 0 Å². The Kier molecular flexibility index (Phi) is 4.39. The fourth-order valence-electron chi connectivity index (χ4n) is 3.56. The molecule has 4 aromatic rings. The third-order valence-electron chi connectivity index (χ3n) is 5.12. The molecule has 26 heavy (non-hydrogen) atoms. The van der Waals surface area contributed by atoms with Gasteiger partial charge >= 0.3 is 0 Å². The number of aliphatic hydroxyl groups is 1. The van der Waals surface area contributed by atoms with Gasteiger partial charge in [-0.2, -0.15) is 0 Å². The van der Waals surface area contributed by atoms with Crippen molar-refractivity contribution >= 4 is 27.5 Å². The Labute approximate surface area is 153 Å². The van der Waals surface area contributed by atoms with Gasteiger partial charge in [0.2, 0.25) is 0 Å². The van der Waals surface area contributed by atoms with E-state index in [0.29, 0.717) is 13.1 Å². The molecule has 3 aromatic carbocycles. The van der Waals surface area contributed by atoms with Crippen molar-refractivity contribution in [1.29, 1.82) is 0 Å². The standard InChI is InChI=1S/C23H24N2O/c1-16-11-12-18(13-17(16)2)24-14-19(26)15-25-22-9-5-3-7-20(22)21-8-4-6-10-23(21)25/h3-13,19,24,26H,14-15H2,1-2H3. The van der Waals surface area contributed by atoms with E-state index in [9.17, 15) is 5.11 Å². The average Bonchev–Trinajstić information content (AvgIpc) is 2.97. The molecule has 0 radical (unpaired) electrons. The molecule has 3 nitrogen and oxygen atoms in total. The van der Waals surface area contributed by atoms with Crippen LogP contribution in [0.25, 0.3) is 21.8 Å². The van der Waals surface area contributed by atoms with Gasteiger partial charge in [0.25, 0.3) is 0 Å². The van der Waals surface area contributed by atoms with Crippen molar-refractivity contribution in [2.75, 3.05) is 11.9 Å². The molecule has 1 aromatic heterocycles. The third kappa shape index (κ3) is 3.06. The van der Waals surface area contributed by atoms with Gasteiger partial charge in [-0.15, -0.1) is 0 Å². The van der Waals surface area contributed by atoms with Crippen LogP contribution in [0.2, 0.25) is 0 Å². The van der Waals surface area contributed by atoms with E-state index >= 15 is 0 Å². The van der Waals surface area contributed by atoms with Crippen LogP contribution in [0.3, 0.4) is 0 Å². The van der Waals surface area contributed by atoms with Crippen molar-refractivity contribution in [3.05, 3.63) is 77.9 Å². The molecule has 2 N–H and O–H groups in total. The summed E-state index contributed by atoms with van der Waals surface area (Å²) in [6.07, 6.45) is -0.476. The first-order valence-corrected chi connectivity index (χ1v) is 9.08. The molecular weight excluding hydrogens is 320 g/mol. The number of aromatic nitrogens is 1. The molecule has 0 aliphatic rings. The van der Waals surface area contributed by atoms with Crippen molar-refractivity contribution in [2.24, 2.45) is 0 Å². The summed E-state index contributed by atoms with van der Waals surface area (Å²) in [7, 11) is 0. The molecule has 4 rings (SSSR count). The molecule has 0 aliphatic heterocycles. The number of nitrogens with one attached hydrogen (secondary N) is 1. The lowest BCUT2D eigenvalue weighted by molar-refractivity contribution is 0.169. The van der Waals surface area contributed by atoms with Gasteiger partial charge in [-0.25, -0.2) is 0 Å². The number of fused-ring (bicyclic) bond motifs is 3. The summed E-state index contributed by atoms with van der Waals surface area (Å²) in [5, 5.41) is 16.5. The Hall–Kier alpha value is -2.78. The van der Waals surface area contributed by atoms with E-state index in [4.69, 9.17) is 0 Å². The lowest BCUT2D eigenvalue weighted by Crippen LogP contribution is -2.24. The fraction of sp³-hybridized carbons (Fsp3) is 0.217. The normalized spacial score (nSPS) is 12.6. The highest BCUT2D eigenvalue weighted by Crippen LogP contribution is 2.28. The molecule has 0 amide bonds. The maximum atomic E-state index is 10.6. The highest BCUT2D eigenvalue weighted by molar-refractivity contribution is 6.07. The van der Waals surface area contributed by atoms with Gasteiger partial charge in [0.1, 0.15) is 0 Å². The molecule has 0 saturated carbocycles. The maximum Gasteiger partial charge on any atom is 0.0891 e. The molecular formula is C23H24N2O. The highest BCUT2D eigenvalue weighted by Gasteiger charge is 2.13. The predicted octanol–water partition coefficient (Wildman–Crippen LogP) is 4.88. The van der Waals surface area contributed by atoms with Crippen LogP contribution < -0.4 is 5.32 Å². The number of aryl methyl sites for hydroxylation is 2. The van der Waals surface area contributed by atoms with Gasteiger partial charge in [-0.05, 0) is 49.2 Å². The minimum Gasteiger partial charge on any atom is -0.389 e. The first-order chi connectivity index (χ1) is 12.6. The van der Waals surface area contributed by atoms with Crippen LogP contribution in [0, 0.1) is 13.8 Å². The Morgan fingerprint density at radius 2 is 1.46 bits per heavy atom. The van der Waals surface area contributed by atoms with Crippen LogP contribution in [0.4, 0.5) is 5.69 Å². The summed E-state index contributed by atoms with van der Waals surface area (Å²) in [5.41, 5.74) is 5.92. The highest BCUT2D eigenvalue weighted by atomic mass is 16.3. The largest absolute Gasteiger partial charge is 0.389 e. The van der Waals surface area contributed by atoms with Crippen molar-refractivity contribution in [3.63, 3.8) is 0 Å². The van der Waals surface area contributed by atoms with Crippen LogP contribution >= 0.6 is 0 Å². The van der Waals surface area contributed by atoms with Gasteiger partial charge in [-0.3, -0.25) is 0 Å². The second-order valence-electron chi connectivity index (χ2n) is 6.98. The first kappa shape index (κ1) is 16.7. The van der Waals surface area contributed by atoms with E-state index < -0.39 is 6.10 Å². The van der Waals surface area contributed by atoms with Gasteiger partial charge in [0.15, 0.2) is 0 Å². The molecule has 0 aliphatic carbocycles. The van der Waals surface area contributed by atoms with Crippen molar-refractivity contribution < 1.29 is 5.11 Å². The smallest absolute Gasteiger partial charge is 0.0891 e.